The Hall–Kier alpha value is -4.33. The molecule has 0 unspecified atom stereocenters. The quantitative estimate of drug-likeness (QED) is 0.327. The van der Waals surface area contributed by atoms with Crippen molar-refractivity contribution in [2.24, 2.45) is 5.10 Å². The first-order valence-corrected chi connectivity index (χ1v) is 10.8. The average Bonchev–Trinajstić information content (AvgIpc) is 2.82. The predicted molar refractivity (Wildman–Crippen MR) is 131 cm³/mol. The van der Waals surface area contributed by atoms with Crippen molar-refractivity contribution in [1.82, 2.24) is 5.43 Å². The maximum atomic E-state index is 12.7. The topological polar surface area (TPSA) is 109 Å². The number of rotatable bonds is 9. The highest BCUT2D eigenvalue weighted by atomic mass is 16.5. The number of aromatic hydroxyl groups is 1. The van der Waals surface area contributed by atoms with Crippen molar-refractivity contribution in [2.45, 2.75) is 20.8 Å². The molecule has 0 spiro atoms. The van der Waals surface area contributed by atoms with Gasteiger partial charge in [0.1, 0.15) is 5.75 Å². The third kappa shape index (κ3) is 6.35. The van der Waals surface area contributed by atoms with Gasteiger partial charge in [-0.25, -0.2) is 5.43 Å². The van der Waals surface area contributed by atoms with Gasteiger partial charge in [0, 0.05) is 0 Å². The van der Waals surface area contributed by atoms with Crippen LogP contribution in [0.2, 0.25) is 0 Å². The van der Waals surface area contributed by atoms with Gasteiger partial charge in [-0.1, -0.05) is 24.3 Å². The Bertz CT molecular complexity index is 1210. The molecule has 0 heterocycles. The summed E-state index contributed by atoms with van der Waals surface area (Å²) >= 11 is 0. The average molecular weight is 462 g/mol. The largest absolute Gasteiger partial charge is 0.504 e. The first-order chi connectivity index (χ1) is 16.4. The van der Waals surface area contributed by atoms with Gasteiger partial charge in [0.05, 0.1) is 24.1 Å². The van der Waals surface area contributed by atoms with Crippen LogP contribution in [-0.4, -0.2) is 36.3 Å². The minimum Gasteiger partial charge on any atom is -0.504 e. The van der Waals surface area contributed by atoms with E-state index in [1.807, 2.05) is 32.9 Å². The first-order valence-electron chi connectivity index (χ1n) is 10.8. The van der Waals surface area contributed by atoms with E-state index in [1.54, 1.807) is 42.5 Å². The molecule has 0 aromatic heterocycles. The number of amides is 2. The maximum absolute atomic E-state index is 12.7. The molecule has 34 heavy (non-hydrogen) atoms. The number of hydrazone groups is 1. The van der Waals surface area contributed by atoms with Crippen LogP contribution in [0.5, 0.6) is 17.2 Å². The van der Waals surface area contributed by atoms with E-state index in [-0.39, 0.29) is 17.9 Å². The fraction of sp³-hybridized carbons (Fsp3) is 0.192. The zero-order valence-electron chi connectivity index (χ0n) is 19.3. The van der Waals surface area contributed by atoms with Crippen molar-refractivity contribution in [2.75, 3.05) is 18.5 Å². The van der Waals surface area contributed by atoms with Gasteiger partial charge >= 0.3 is 0 Å². The maximum Gasteiger partial charge on any atom is 0.273 e. The van der Waals surface area contributed by atoms with Gasteiger partial charge in [0.15, 0.2) is 18.1 Å². The normalized spacial score (nSPS) is 10.7. The number of phenols is 1. The van der Waals surface area contributed by atoms with Crippen molar-refractivity contribution < 1.29 is 24.2 Å². The Balaban J connectivity index is 1.62. The lowest BCUT2D eigenvalue weighted by atomic mass is 10.1. The molecule has 2 amide bonds. The Morgan fingerprint density at radius 3 is 2.59 bits per heavy atom. The fourth-order valence-corrected chi connectivity index (χ4v) is 3.11. The van der Waals surface area contributed by atoms with Crippen LogP contribution in [-0.2, 0) is 4.79 Å². The van der Waals surface area contributed by atoms with Gasteiger partial charge in [-0.15, -0.1) is 0 Å². The first kappa shape index (κ1) is 24.3. The summed E-state index contributed by atoms with van der Waals surface area (Å²) in [6.07, 6.45) is 1.43. The molecular weight excluding hydrogens is 434 g/mol. The molecule has 0 bridgehead atoms. The number of carbonyl (C=O) groups excluding carboxylic acids is 2. The molecule has 0 aliphatic carbocycles. The summed E-state index contributed by atoms with van der Waals surface area (Å²) in [4.78, 5) is 25.1. The van der Waals surface area contributed by atoms with Crippen LogP contribution < -0.4 is 20.2 Å². The van der Waals surface area contributed by atoms with Crippen LogP contribution in [0.3, 0.4) is 0 Å². The monoisotopic (exact) mass is 461 g/mol. The summed E-state index contributed by atoms with van der Waals surface area (Å²) in [5, 5.41) is 16.5. The summed E-state index contributed by atoms with van der Waals surface area (Å²) in [6.45, 7) is 5.93. The number of benzene rings is 3. The van der Waals surface area contributed by atoms with Gasteiger partial charge in [-0.2, -0.15) is 5.10 Å². The zero-order chi connectivity index (χ0) is 24.5. The molecule has 3 aromatic rings. The van der Waals surface area contributed by atoms with E-state index in [0.717, 1.165) is 11.1 Å². The van der Waals surface area contributed by atoms with Crippen LogP contribution in [0.1, 0.15) is 34.0 Å². The summed E-state index contributed by atoms with van der Waals surface area (Å²) in [6, 6.07) is 17.0. The highest BCUT2D eigenvalue weighted by molar-refractivity contribution is 6.04. The van der Waals surface area contributed by atoms with E-state index in [0.29, 0.717) is 29.4 Å². The van der Waals surface area contributed by atoms with Crippen molar-refractivity contribution in [1.29, 1.82) is 0 Å². The van der Waals surface area contributed by atoms with Crippen LogP contribution in [0.4, 0.5) is 5.69 Å². The fourth-order valence-electron chi connectivity index (χ4n) is 3.11. The molecule has 0 atom stereocenters. The van der Waals surface area contributed by atoms with E-state index in [9.17, 15) is 14.7 Å². The number of ether oxygens (including phenoxy) is 2. The van der Waals surface area contributed by atoms with Crippen LogP contribution >= 0.6 is 0 Å². The third-order valence-electron chi connectivity index (χ3n) is 5.02. The molecule has 0 aliphatic heterocycles. The molecule has 176 valence electrons. The number of hydrogen-bond acceptors (Lipinski definition) is 6. The predicted octanol–water partition coefficient (Wildman–Crippen LogP) is 4.19. The summed E-state index contributed by atoms with van der Waals surface area (Å²) in [7, 11) is 0. The molecule has 8 nitrogen and oxygen atoms in total. The van der Waals surface area contributed by atoms with Gasteiger partial charge < -0.3 is 19.9 Å². The van der Waals surface area contributed by atoms with Crippen molar-refractivity contribution in [3.63, 3.8) is 0 Å². The Kier molecular flexibility index (Phi) is 8.23. The lowest BCUT2D eigenvalue weighted by Gasteiger charge is -2.12. The molecule has 0 aliphatic rings. The number of aryl methyl sites for hydroxylation is 1. The van der Waals surface area contributed by atoms with E-state index in [4.69, 9.17) is 9.47 Å². The minimum absolute atomic E-state index is 0.0224. The van der Waals surface area contributed by atoms with E-state index < -0.39 is 11.8 Å². The molecule has 0 saturated carbocycles. The van der Waals surface area contributed by atoms with Gasteiger partial charge in [0.25, 0.3) is 11.8 Å². The Labute approximate surface area is 198 Å². The lowest BCUT2D eigenvalue weighted by molar-refractivity contribution is -0.118. The number of anilines is 1. The summed E-state index contributed by atoms with van der Waals surface area (Å²) < 4.78 is 11.0. The molecule has 0 saturated heterocycles. The molecule has 3 N–H and O–H groups in total. The number of carbonyl (C=O) groups is 2. The number of para-hydroxylation sites is 1. The van der Waals surface area contributed by atoms with Crippen LogP contribution in [0.25, 0.3) is 0 Å². The lowest BCUT2D eigenvalue weighted by Crippen LogP contribution is -2.24. The summed E-state index contributed by atoms with van der Waals surface area (Å²) in [5.41, 5.74) is 5.70. The Morgan fingerprint density at radius 1 is 1.00 bits per heavy atom. The molecule has 3 rings (SSSR count). The second-order valence-corrected chi connectivity index (χ2v) is 7.44. The van der Waals surface area contributed by atoms with Gasteiger partial charge in [0.2, 0.25) is 0 Å². The van der Waals surface area contributed by atoms with Gasteiger partial charge in [-0.05, 0) is 73.9 Å². The van der Waals surface area contributed by atoms with E-state index in [2.05, 4.69) is 15.8 Å². The van der Waals surface area contributed by atoms with Crippen molar-refractivity contribution in [3.05, 3.63) is 82.9 Å². The second kappa shape index (κ2) is 11.5. The minimum atomic E-state index is -0.494. The number of nitrogens with one attached hydrogen (secondary N) is 2. The zero-order valence-corrected chi connectivity index (χ0v) is 19.3. The van der Waals surface area contributed by atoms with Crippen LogP contribution in [0.15, 0.2) is 65.8 Å². The Morgan fingerprint density at radius 2 is 1.79 bits per heavy atom. The molecular formula is C26H27N3O5. The third-order valence-corrected chi connectivity index (χ3v) is 5.02. The smallest absolute Gasteiger partial charge is 0.273 e. The van der Waals surface area contributed by atoms with E-state index in [1.165, 1.54) is 12.3 Å². The van der Waals surface area contributed by atoms with Gasteiger partial charge in [-0.3, -0.25) is 9.59 Å². The number of hydrogen-bond donors (Lipinski definition) is 3. The SMILES string of the molecule is CCOc1cc(/C=N\NC(=O)c2ccccc2NC(=O)COc2cccc(C)c2C)ccc1O. The molecule has 8 heteroatoms. The highest BCUT2D eigenvalue weighted by Crippen LogP contribution is 2.26. The number of phenolic OH excluding ortho intramolecular Hbond substituents is 1. The molecule has 0 radical (unpaired) electrons. The number of nitrogens with zero attached hydrogens (tertiary/aromatic N) is 1. The molecule has 0 fully saturated rings. The highest BCUT2D eigenvalue weighted by Gasteiger charge is 2.13. The molecule has 3 aromatic carbocycles. The van der Waals surface area contributed by atoms with E-state index >= 15 is 0 Å². The standard InChI is InChI=1S/C26H27N3O5/c1-4-33-24-14-19(12-13-22(24)30)15-27-29-26(32)20-9-5-6-10-21(20)28-25(31)16-34-23-11-7-8-17(2)18(23)3/h5-15,30H,4,16H2,1-3H3,(H,28,31)(H,29,32)/b27-15-. The van der Waals surface area contributed by atoms with Crippen molar-refractivity contribution >= 4 is 23.7 Å². The second-order valence-electron chi connectivity index (χ2n) is 7.44. The van der Waals surface area contributed by atoms with Crippen LogP contribution in [0, 0.1) is 13.8 Å². The van der Waals surface area contributed by atoms with Crippen molar-refractivity contribution in [3.8, 4) is 17.2 Å². The summed E-state index contributed by atoms with van der Waals surface area (Å²) in [5.74, 6) is 0.101.